The van der Waals surface area contributed by atoms with E-state index in [-0.39, 0.29) is 22.9 Å². The zero-order chi connectivity index (χ0) is 19.4. The summed E-state index contributed by atoms with van der Waals surface area (Å²) in [6.07, 6.45) is 1.47. The summed E-state index contributed by atoms with van der Waals surface area (Å²) >= 11 is 0. The summed E-state index contributed by atoms with van der Waals surface area (Å²) in [5.74, 6) is -0.242. The Hall–Kier alpha value is -2.23. The fourth-order valence-corrected chi connectivity index (χ4v) is 4.04. The molecule has 1 saturated heterocycles. The van der Waals surface area contributed by atoms with Gasteiger partial charge in [-0.25, -0.2) is 17.5 Å². The quantitative estimate of drug-likeness (QED) is 0.801. The molecule has 1 aliphatic heterocycles. The van der Waals surface area contributed by atoms with Crippen LogP contribution in [0.4, 0.5) is 4.39 Å². The Balaban J connectivity index is 1.46. The van der Waals surface area contributed by atoms with Crippen LogP contribution in [0.1, 0.15) is 16.1 Å². The number of benzene rings is 1. The van der Waals surface area contributed by atoms with Crippen LogP contribution in [0.2, 0.25) is 0 Å². The number of nitrogens with one attached hydrogen (secondary N) is 1. The van der Waals surface area contributed by atoms with E-state index in [2.05, 4.69) is 9.62 Å². The largest absolute Gasteiger partial charge is 0.459 e. The van der Waals surface area contributed by atoms with Crippen LogP contribution < -0.4 is 4.72 Å². The Morgan fingerprint density at radius 3 is 2.59 bits per heavy atom. The fourth-order valence-electron chi connectivity index (χ4n) is 2.94. The second kappa shape index (κ2) is 8.20. The Kier molecular flexibility index (Phi) is 5.93. The Bertz CT molecular complexity index is 891. The van der Waals surface area contributed by atoms with Crippen LogP contribution in [0, 0.1) is 12.7 Å². The number of carbonyl (C=O) groups is 1. The van der Waals surface area contributed by atoms with Gasteiger partial charge >= 0.3 is 0 Å². The average Bonchev–Trinajstić information content (AvgIpc) is 3.18. The number of piperazine rings is 1. The first-order valence-corrected chi connectivity index (χ1v) is 10.2. The molecule has 0 atom stereocenters. The Morgan fingerprint density at radius 1 is 1.22 bits per heavy atom. The highest BCUT2D eigenvalue weighted by molar-refractivity contribution is 7.89. The van der Waals surface area contributed by atoms with Gasteiger partial charge in [0.1, 0.15) is 5.82 Å². The molecule has 7 nitrogen and oxygen atoms in total. The lowest BCUT2D eigenvalue weighted by atomic mass is 10.2. The average molecular weight is 395 g/mol. The number of halogens is 1. The Morgan fingerprint density at radius 2 is 1.96 bits per heavy atom. The van der Waals surface area contributed by atoms with Gasteiger partial charge in [0.25, 0.3) is 5.91 Å². The number of furan rings is 1. The lowest BCUT2D eigenvalue weighted by Crippen LogP contribution is -2.50. The minimum atomic E-state index is -3.67. The van der Waals surface area contributed by atoms with Gasteiger partial charge in [0.05, 0.1) is 11.2 Å². The highest BCUT2D eigenvalue weighted by Crippen LogP contribution is 2.14. The molecule has 1 aliphatic rings. The summed E-state index contributed by atoms with van der Waals surface area (Å²) in [4.78, 5) is 16.1. The highest BCUT2D eigenvalue weighted by Gasteiger charge is 2.24. The summed E-state index contributed by atoms with van der Waals surface area (Å²) in [5, 5.41) is 0. The van der Waals surface area contributed by atoms with Crippen molar-refractivity contribution < 1.29 is 22.0 Å². The summed E-state index contributed by atoms with van der Waals surface area (Å²) in [6.45, 7) is 4.73. The smallest absolute Gasteiger partial charge is 0.289 e. The zero-order valence-electron chi connectivity index (χ0n) is 15.0. The van der Waals surface area contributed by atoms with E-state index in [1.165, 1.54) is 25.3 Å². The number of sulfonamides is 1. The third kappa shape index (κ3) is 4.74. The van der Waals surface area contributed by atoms with Crippen molar-refractivity contribution in [3.8, 4) is 0 Å². The predicted molar refractivity (Wildman–Crippen MR) is 97.4 cm³/mol. The first-order chi connectivity index (χ1) is 12.9. The lowest BCUT2D eigenvalue weighted by molar-refractivity contribution is 0.0609. The predicted octanol–water partition coefficient (Wildman–Crippen LogP) is 1.46. The summed E-state index contributed by atoms with van der Waals surface area (Å²) in [6, 6.07) is 7.04. The molecule has 2 heterocycles. The molecular weight excluding hydrogens is 373 g/mol. The van der Waals surface area contributed by atoms with Crippen molar-refractivity contribution in [3.05, 3.63) is 53.7 Å². The number of nitrogens with zero attached hydrogens (tertiary/aromatic N) is 2. The van der Waals surface area contributed by atoms with Crippen molar-refractivity contribution in [2.75, 3.05) is 39.3 Å². The van der Waals surface area contributed by atoms with E-state index >= 15 is 0 Å². The van der Waals surface area contributed by atoms with E-state index < -0.39 is 15.8 Å². The molecule has 0 unspecified atom stereocenters. The van der Waals surface area contributed by atoms with Gasteiger partial charge in [-0.05, 0) is 42.8 Å². The minimum absolute atomic E-state index is 0.0512. The number of carbonyl (C=O) groups excluding carboxylic acids is 1. The zero-order valence-corrected chi connectivity index (χ0v) is 15.8. The molecular formula is C18H22FN3O4S. The fraction of sp³-hybridized carbons (Fsp3) is 0.389. The van der Waals surface area contributed by atoms with E-state index in [9.17, 15) is 17.6 Å². The van der Waals surface area contributed by atoms with E-state index in [4.69, 9.17) is 4.42 Å². The molecule has 2 aromatic rings. The SMILES string of the molecule is Cc1cc(S(=O)(=O)NCCN2CCN(C(=O)c3ccco3)CC2)ccc1F. The van der Waals surface area contributed by atoms with Crippen LogP contribution in [0.3, 0.4) is 0 Å². The molecule has 1 fully saturated rings. The summed E-state index contributed by atoms with van der Waals surface area (Å²) in [5.41, 5.74) is 0.287. The molecule has 3 rings (SSSR count). The number of aryl methyl sites for hydroxylation is 1. The van der Waals surface area contributed by atoms with E-state index in [0.717, 1.165) is 6.07 Å². The maximum atomic E-state index is 13.3. The first-order valence-electron chi connectivity index (χ1n) is 8.68. The van der Waals surface area contributed by atoms with Crippen LogP contribution >= 0.6 is 0 Å². The standard InChI is InChI=1S/C18H22FN3O4S/c1-14-13-15(4-5-16(14)19)27(24,25)20-6-7-21-8-10-22(11-9-21)18(23)17-3-2-12-26-17/h2-5,12-13,20H,6-11H2,1H3. The molecule has 0 saturated carbocycles. The summed E-state index contributed by atoms with van der Waals surface area (Å²) < 4.78 is 45.6. The van der Waals surface area contributed by atoms with Gasteiger partial charge in [0, 0.05) is 39.3 Å². The van der Waals surface area contributed by atoms with Crippen LogP contribution in [-0.4, -0.2) is 63.4 Å². The van der Waals surface area contributed by atoms with Gasteiger partial charge in [-0.2, -0.15) is 0 Å². The van der Waals surface area contributed by atoms with Crippen LogP contribution in [0.15, 0.2) is 45.9 Å². The Labute approximate surface area is 157 Å². The number of hydrogen-bond donors (Lipinski definition) is 1. The monoisotopic (exact) mass is 395 g/mol. The molecule has 1 aromatic carbocycles. The van der Waals surface area contributed by atoms with E-state index in [0.29, 0.717) is 38.5 Å². The third-order valence-corrected chi connectivity index (χ3v) is 6.01. The molecule has 9 heteroatoms. The van der Waals surface area contributed by atoms with Gasteiger partial charge in [0.2, 0.25) is 10.0 Å². The van der Waals surface area contributed by atoms with Crippen LogP contribution in [0.25, 0.3) is 0 Å². The maximum absolute atomic E-state index is 13.3. The second-order valence-electron chi connectivity index (χ2n) is 6.42. The van der Waals surface area contributed by atoms with Crippen molar-refractivity contribution in [1.29, 1.82) is 0 Å². The molecule has 0 bridgehead atoms. The van der Waals surface area contributed by atoms with Crippen LogP contribution in [-0.2, 0) is 10.0 Å². The molecule has 27 heavy (non-hydrogen) atoms. The van der Waals surface area contributed by atoms with Crippen molar-refractivity contribution in [3.63, 3.8) is 0 Å². The normalized spacial score (nSPS) is 15.9. The number of rotatable bonds is 6. The molecule has 0 spiro atoms. The first kappa shape index (κ1) is 19.5. The minimum Gasteiger partial charge on any atom is -0.459 e. The van der Waals surface area contributed by atoms with E-state index in [1.807, 2.05) is 0 Å². The molecule has 0 radical (unpaired) electrons. The molecule has 0 aliphatic carbocycles. The van der Waals surface area contributed by atoms with Crippen molar-refractivity contribution in [2.24, 2.45) is 0 Å². The van der Waals surface area contributed by atoms with Crippen molar-refractivity contribution in [2.45, 2.75) is 11.8 Å². The lowest BCUT2D eigenvalue weighted by Gasteiger charge is -2.34. The van der Waals surface area contributed by atoms with Gasteiger partial charge in [-0.3, -0.25) is 9.69 Å². The number of hydrogen-bond acceptors (Lipinski definition) is 5. The van der Waals surface area contributed by atoms with Gasteiger partial charge in [-0.15, -0.1) is 0 Å². The molecule has 146 valence electrons. The number of amides is 1. The second-order valence-corrected chi connectivity index (χ2v) is 8.19. The van der Waals surface area contributed by atoms with Crippen LogP contribution in [0.5, 0.6) is 0 Å². The van der Waals surface area contributed by atoms with Crippen molar-refractivity contribution in [1.82, 2.24) is 14.5 Å². The topological polar surface area (TPSA) is 82.9 Å². The van der Waals surface area contributed by atoms with Gasteiger partial charge < -0.3 is 9.32 Å². The van der Waals surface area contributed by atoms with Gasteiger partial charge in [0.15, 0.2) is 5.76 Å². The maximum Gasteiger partial charge on any atom is 0.289 e. The third-order valence-electron chi connectivity index (χ3n) is 4.55. The highest BCUT2D eigenvalue weighted by atomic mass is 32.2. The molecule has 1 amide bonds. The molecule has 1 aromatic heterocycles. The van der Waals surface area contributed by atoms with Crippen molar-refractivity contribution >= 4 is 15.9 Å². The molecule has 1 N–H and O–H groups in total. The van der Waals surface area contributed by atoms with E-state index in [1.54, 1.807) is 17.0 Å². The summed E-state index contributed by atoms with van der Waals surface area (Å²) in [7, 11) is -3.67. The van der Waals surface area contributed by atoms with Gasteiger partial charge in [-0.1, -0.05) is 0 Å².